The van der Waals surface area contributed by atoms with Crippen molar-refractivity contribution in [3.05, 3.63) is 41.5 Å². The summed E-state index contributed by atoms with van der Waals surface area (Å²) in [5, 5.41) is 3.77. The van der Waals surface area contributed by atoms with E-state index in [-0.39, 0.29) is 0 Å². The molecule has 2 saturated carbocycles. The molecule has 1 unspecified atom stereocenters. The molecule has 0 heterocycles. The largest absolute Gasteiger partial charge is 0.384 e. The smallest absolute Gasteiger partial charge is 0.133 e. The maximum Gasteiger partial charge on any atom is 0.133 e. The Balaban J connectivity index is 1.58. The van der Waals surface area contributed by atoms with Crippen LogP contribution in [0.2, 0.25) is 0 Å². The fourth-order valence-electron chi connectivity index (χ4n) is 3.55. The predicted octanol–water partition coefficient (Wildman–Crippen LogP) is 3.60. The van der Waals surface area contributed by atoms with Gasteiger partial charge in [-0.05, 0) is 37.2 Å². The van der Waals surface area contributed by atoms with Crippen LogP contribution in [-0.4, -0.2) is 31.6 Å². The first-order valence-corrected chi connectivity index (χ1v) is 8.78. The number of methoxy groups -OCH3 is 1. The van der Waals surface area contributed by atoms with Crippen LogP contribution in [0.15, 0.2) is 35.9 Å². The first-order chi connectivity index (χ1) is 11.3. The van der Waals surface area contributed by atoms with Gasteiger partial charge in [0.1, 0.15) is 5.78 Å². The number of hydrogen-bond donors (Lipinski definition) is 1. The van der Waals surface area contributed by atoms with Crippen LogP contribution in [0.1, 0.15) is 44.1 Å². The summed E-state index contributed by atoms with van der Waals surface area (Å²) < 4.78 is 5.29. The van der Waals surface area contributed by atoms with E-state index >= 15 is 0 Å². The van der Waals surface area contributed by atoms with Gasteiger partial charge in [0, 0.05) is 38.6 Å². The predicted molar refractivity (Wildman–Crippen MR) is 93.2 cm³/mol. The number of ketones is 1. The van der Waals surface area contributed by atoms with Gasteiger partial charge in [0.05, 0.1) is 0 Å². The lowest BCUT2D eigenvalue weighted by molar-refractivity contribution is -0.120. The second-order valence-electron chi connectivity index (χ2n) is 6.80. The van der Waals surface area contributed by atoms with Gasteiger partial charge in [0.15, 0.2) is 0 Å². The van der Waals surface area contributed by atoms with Crippen LogP contribution in [0, 0.1) is 5.92 Å². The lowest BCUT2D eigenvalue weighted by Crippen LogP contribution is -2.35. The monoisotopic (exact) mass is 313 g/mol. The van der Waals surface area contributed by atoms with Crippen LogP contribution in [0.4, 0.5) is 0 Å². The normalized spacial score (nSPS) is 25.6. The highest BCUT2D eigenvalue weighted by molar-refractivity contribution is 5.79. The zero-order valence-corrected chi connectivity index (χ0v) is 14.0. The van der Waals surface area contributed by atoms with E-state index in [1.807, 2.05) is 0 Å². The molecular formula is C20H27NO2. The number of benzene rings is 1. The number of hydrogen-bond acceptors (Lipinski definition) is 3. The zero-order chi connectivity index (χ0) is 16.1. The number of carbonyl (C=O) groups excluding carboxylic acids is 1. The maximum atomic E-state index is 11.4. The Labute approximate surface area is 139 Å². The van der Waals surface area contributed by atoms with Crippen molar-refractivity contribution in [3.63, 3.8) is 0 Å². The van der Waals surface area contributed by atoms with Crippen LogP contribution < -0.4 is 5.32 Å². The van der Waals surface area contributed by atoms with Gasteiger partial charge in [-0.25, -0.2) is 0 Å². The fraction of sp³-hybridized carbons (Fsp3) is 0.550. The van der Waals surface area contributed by atoms with Gasteiger partial charge in [-0.1, -0.05) is 42.0 Å². The highest BCUT2D eigenvalue weighted by Crippen LogP contribution is 2.40. The molecule has 0 spiro atoms. The van der Waals surface area contributed by atoms with E-state index in [2.05, 4.69) is 41.7 Å². The summed E-state index contributed by atoms with van der Waals surface area (Å²) in [6.45, 7) is 0.778. The number of nitrogens with one attached hydrogen (secondary N) is 1. The molecule has 0 saturated heterocycles. The van der Waals surface area contributed by atoms with Gasteiger partial charge in [0.2, 0.25) is 0 Å². The summed E-state index contributed by atoms with van der Waals surface area (Å²) in [6.07, 6.45) is 8.08. The standard InChI is InChI=1S/C20H27NO2/c1-23-12-11-16(13-15-5-3-2-4-6-15)19-14-20(19)21-17-7-9-18(22)10-8-17/h2-6,13,17,19-21H,7-12,14H2,1H3/b16-13+/t19-,20?/m0/s1. The lowest BCUT2D eigenvalue weighted by atomic mass is 9.94. The highest BCUT2D eigenvalue weighted by atomic mass is 16.5. The second kappa shape index (κ2) is 7.89. The van der Waals surface area contributed by atoms with Crippen molar-refractivity contribution in [1.82, 2.24) is 5.32 Å². The molecule has 0 aromatic heterocycles. The van der Waals surface area contributed by atoms with E-state index in [4.69, 9.17) is 4.74 Å². The molecule has 0 amide bonds. The molecule has 2 atom stereocenters. The molecule has 1 N–H and O–H groups in total. The van der Waals surface area contributed by atoms with Crippen LogP contribution in [-0.2, 0) is 9.53 Å². The van der Waals surface area contributed by atoms with Gasteiger partial charge in [-0.3, -0.25) is 4.79 Å². The van der Waals surface area contributed by atoms with Crippen LogP contribution >= 0.6 is 0 Å². The maximum absolute atomic E-state index is 11.4. The van der Waals surface area contributed by atoms with Crippen LogP contribution in [0.5, 0.6) is 0 Å². The third kappa shape index (κ3) is 4.76. The molecular weight excluding hydrogens is 286 g/mol. The van der Waals surface area contributed by atoms with Crippen molar-refractivity contribution >= 4 is 11.9 Å². The van der Waals surface area contributed by atoms with Crippen molar-refractivity contribution in [1.29, 1.82) is 0 Å². The third-order valence-electron chi connectivity index (χ3n) is 5.01. The van der Waals surface area contributed by atoms with Gasteiger partial charge < -0.3 is 10.1 Å². The van der Waals surface area contributed by atoms with Gasteiger partial charge in [0.25, 0.3) is 0 Å². The molecule has 0 aliphatic heterocycles. The first-order valence-electron chi connectivity index (χ1n) is 8.78. The van der Waals surface area contributed by atoms with Gasteiger partial charge in [-0.15, -0.1) is 0 Å². The van der Waals surface area contributed by atoms with E-state index in [9.17, 15) is 4.79 Å². The SMILES string of the molecule is COCC/C(=C\c1ccccc1)[C@@H]1CC1NC1CCC(=O)CC1. The lowest BCUT2D eigenvalue weighted by Gasteiger charge is -2.22. The average molecular weight is 313 g/mol. The van der Waals surface area contributed by atoms with E-state index in [0.717, 1.165) is 38.7 Å². The average Bonchev–Trinajstić information content (AvgIpc) is 3.34. The molecule has 2 aliphatic carbocycles. The van der Waals surface area contributed by atoms with Gasteiger partial charge in [-0.2, -0.15) is 0 Å². The zero-order valence-electron chi connectivity index (χ0n) is 14.0. The third-order valence-corrected chi connectivity index (χ3v) is 5.01. The van der Waals surface area contributed by atoms with Crippen molar-refractivity contribution in [2.45, 2.75) is 50.6 Å². The molecule has 2 aliphatic rings. The molecule has 0 radical (unpaired) electrons. The van der Waals surface area contributed by atoms with Crippen molar-refractivity contribution in [2.24, 2.45) is 5.92 Å². The van der Waals surface area contributed by atoms with Crippen LogP contribution in [0.25, 0.3) is 6.08 Å². The minimum Gasteiger partial charge on any atom is -0.384 e. The Bertz CT molecular complexity index is 542. The molecule has 0 bridgehead atoms. The van der Waals surface area contributed by atoms with E-state index in [0.29, 0.717) is 23.8 Å². The molecule has 3 heteroatoms. The Morgan fingerprint density at radius 3 is 2.70 bits per heavy atom. The molecule has 3 nitrogen and oxygen atoms in total. The summed E-state index contributed by atoms with van der Waals surface area (Å²) in [5.74, 6) is 1.06. The molecule has 1 aromatic rings. The summed E-state index contributed by atoms with van der Waals surface area (Å²) in [4.78, 5) is 11.4. The number of carbonyl (C=O) groups is 1. The topological polar surface area (TPSA) is 38.3 Å². The number of rotatable bonds is 7. The van der Waals surface area contributed by atoms with E-state index < -0.39 is 0 Å². The van der Waals surface area contributed by atoms with Crippen molar-refractivity contribution in [3.8, 4) is 0 Å². The minimum absolute atomic E-state index is 0.431. The second-order valence-corrected chi connectivity index (χ2v) is 6.80. The fourth-order valence-corrected chi connectivity index (χ4v) is 3.55. The summed E-state index contributed by atoms with van der Waals surface area (Å²) in [6, 6.07) is 11.7. The summed E-state index contributed by atoms with van der Waals surface area (Å²) in [5.41, 5.74) is 2.76. The van der Waals surface area contributed by atoms with Crippen LogP contribution in [0.3, 0.4) is 0 Å². The molecule has 2 fully saturated rings. The first kappa shape index (κ1) is 16.4. The molecule has 23 heavy (non-hydrogen) atoms. The minimum atomic E-state index is 0.431. The quantitative estimate of drug-likeness (QED) is 0.836. The summed E-state index contributed by atoms with van der Waals surface area (Å²) >= 11 is 0. The molecule has 124 valence electrons. The van der Waals surface area contributed by atoms with Crippen molar-refractivity contribution < 1.29 is 9.53 Å². The number of ether oxygens (including phenoxy) is 1. The number of Topliss-reactive ketones (excluding diaryl/α,β-unsaturated/α-hetero) is 1. The highest BCUT2D eigenvalue weighted by Gasteiger charge is 2.40. The molecule has 1 aromatic carbocycles. The summed E-state index contributed by atoms with van der Waals surface area (Å²) in [7, 11) is 1.77. The van der Waals surface area contributed by atoms with Gasteiger partial charge >= 0.3 is 0 Å². The Hall–Kier alpha value is -1.45. The Morgan fingerprint density at radius 1 is 1.26 bits per heavy atom. The van der Waals surface area contributed by atoms with Crippen molar-refractivity contribution in [2.75, 3.05) is 13.7 Å². The molecule has 3 rings (SSSR count). The van der Waals surface area contributed by atoms with E-state index in [1.54, 1.807) is 7.11 Å². The Kier molecular flexibility index (Phi) is 5.63. The van der Waals surface area contributed by atoms with E-state index in [1.165, 1.54) is 17.6 Å². The Morgan fingerprint density at radius 2 is 2.00 bits per heavy atom.